The lowest BCUT2D eigenvalue weighted by molar-refractivity contribution is 0.367. The van der Waals surface area contributed by atoms with Gasteiger partial charge >= 0.3 is 0 Å². The Kier molecular flexibility index (Phi) is 3.76. The Bertz CT molecular complexity index is 734. The van der Waals surface area contributed by atoms with E-state index in [1.54, 1.807) is 35.3 Å². The highest BCUT2D eigenvalue weighted by Crippen LogP contribution is 2.48. The van der Waals surface area contributed by atoms with Crippen molar-refractivity contribution < 1.29 is 4.39 Å². The third kappa shape index (κ3) is 2.62. The molecule has 122 valence electrons. The van der Waals surface area contributed by atoms with Gasteiger partial charge in [0.15, 0.2) is 5.17 Å². The largest absolute Gasteiger partial charge is 0.399 e. The third-order valence-electron chi connectivity index (χ3n) is 4.90. The number of hydrogen-bond donors (Lipinski definition) is 2. The maximum Gasteiger partial charge on any atom is 0.154 e. The highest BCUT2D eigenvalue weighted by Gasteiger charge is 2.40. The van der Waals surface area contributed by atoms with Gasteiger partial charge in [-0.1, -0.05) is 17.8 Å². The fourth-order valence-electron chi connectivity index (χ4n) is 3.75. The lowest BCUT2D eigenvalue weighted by atomic mass is 9.78. The zero-order valence-corrected chi connectivity index (χ0v) is 14.5. The van der Waals surface area contributed by atoms with E-state index in [9.17, 15) is 4.39 Å². The molecule has 4 rings (SSSR count). The number of amidine groups is 1. The van der Waals surface area contributed by atoms with E-state index in [1.165, 1.54) is 10.4 Å². The highest BCUT2D eigenvalue weighted by molar-refractivity contribution is 8.13. The number of alkyl halides is 1. The van der Waals surface area contributed by atoms with Gasteiger partial charge in [-0.05, 0) is 43.4 Å². The van der Waals surface area contributed by atoms with E-state index in [4.69, 9.17) is 16.5 Å². The second-order valence-corrected chi connectivity index (χ2v) is 8.64. The monoisotopic (exact) mass is 349 g/mol. The molecule has 0 aromatic carbocycles. The Balaban J connectivity index is 1.79. The molecular formula is C17H20FN3S2. The summed E-state index contributed by atoms with van der Waals surface area (Å²) >= 11 is 3.34. The van der Waals surface area contributed by atoms with Crippen LogP contribution in [0.1, 0.15) is 41.0 Å². The molecule has 1 aliphatic heterocycles. The molecule has 0 saturated heterocycles. The summed E-state index contributed by atoms with van der Waals surface area (Å²) < 4.78 is 14.4. The van der Waals surface area contributed by atoms with Crippen LogP contribution in [-0.2, 0) is 12.0 Å². The molecule has 3 nitrogen and oxygen atoms in total. The fraction of sp³-hybridized carbons (Fsp3) is 0.471. The van der Waals surface area contributed by atoms with Crippen LogP contribution in [0.4, 0.5) is 4.39 Å². The van der Waals surface area contributed by atoms with Gasteiger partial charge < -0.3 is 11.5 Å². The first-order chi connectivity index (χ1) is 11.1. The molecule has 2 unspecified atom stereocenters. The number of halogens is 1. The quantitative estimate of drug-likeness (QED) is 0.812. The van der Waals surface area contributed by atoms with E-state index >= 15 is 0 Å². The minimum Gasteiger partial charge on any atom is -0.399 e. The number of thioether (sulfide) groups is 1. The predicted molar refractivity (Wildman–Crippen MR) is 97.4 cm³/mol. The summed E-state index contributed by atoms with van der Waals surface area (Å²) in [7, 11) is 0. The number of fused-ring (bicyclic) bond motifs is 2. The first-order valence-electron chi connectivity index (χ1n) is 8.00. The van der Waals surface area contributed by atoms with E-state index in [1.807, 2.05) is 0 Å². The lowest BCUT2D eigenvalue weighted by Crippen LogP contribution is -2.34. The zero-order valence-electron chi connectivity index (χ0n) is 12.8. The third-order valence-corrected chi connectivity index (χ3v) is 6.94. The average Bonchev–Trinajstić information content (AvgIpc) is 2.95. The molecule has 23 heavy (non-hydrogen) atoms. The van der Waals surface area contributed by atoms with Gasteiger partial charge in [-0.2, -0.15) is 0 Å². The van der Waals surface area contributed by atoms with E-state index in [-0.39, 0.29) is 5.54 Å². The van der Waals surface area contributed by atoms with E-state index < -0.39 is 6.17 Å². The number of thiophene rings is 1. The van der Waals surface area contributed by atoms with Gasteiger partial charge in [0, 0.05) is 33.2 Å². The van der Waals surface area contributed by atoms with Crippen molar-refractivity contribution in [2.24, 2.45) is 16.5 Å². The summed E-state index contributed by atoms with van der Waals surface area (Å²) in [5, 5.41) is 0.685. The van der Waals surface area contributed by atoms with Gasteiger partial charge in [0.25, 0.3) is 0 Å². The summed E-state index contributed by atoms with van der Waals surface area (Å²) in [6.07, 6.45) is 7.17. The maximum atomic E-state index is 14.4. The van der Waals surface area contributed by atoms with Crippen molar-refractivity contribution in [3.63, 3.8) is 0 Å². The van der Waals surface area contributed by atoms with Crippen molar-refractivity contribution in [3.8, 4) is 0 Å². The summed E-state index contributed by atoms with van der Waals surface area (Å²) in [5.74, 6) is 1.00. The lowest BCUT2D eigenvalue weighted by Gasteiger charge is -2.36. The maximum absolute atomic E-state index is 14.4. The molecule has 1 spiro atoms. The van der Waals surface area contributed by atoms with Gasteiger partial charge in [-0.3, -0.25) is 4.99 Å². The SMILES string of the molecule is NC1=CCC(F)C(c2cc3c(s2)CCCC32CCSC(N)=N2)=C1. The van der Waals surface area contributed by atoms with Crippen LogP contribution < -0.4 is 11.5 Å². The molecule has 1 aromatic rings. The Hall–Kier alpha value is -1.27. The summed E-state index contributed by atoms with van der Waals surface area (Å²) in [4.78, 5) is 7.17. The Morgan fingerprint density at radius 3 is 3.00 bits per heavy atom. The number of hydrogen-bond acceptors (Lipinski definition) is 5. The van der Waals surface area contributed by atoms with E-state index in [2.05, 4.69) is 6.07 Å². The van der Waals surface area contributed by atoms with Crippen molar-refractivity contribution in [1.29, 1.82) is 0 Å². The van der Waals surface area contributed by atoms with Crippen LogP contribution in [0.5, 0.6) is 0 Å². The Morgan fingerprint density at radius 1 is 1.30 bits per heavy atom. The topological polar surface area (TPSA) is 64.4 Å². The first kappa shape index (κ1) is 15.3. The normalized spacial score (nSPS) is 30.5. The molecular weight excluding hydrogens is 329 g/mol. The van der Waals surface area contributed by atoms with Crippen LogP contribution in [0, 0.1) is 0 Å². The smallest absolute Gasteiger partial charge is 0.154 e. The second-order valence-electron chi connectivity index (χ2n) is 6.39. The van der Waals surface area contributed by atoms with Crippen molar-refractivity contribution in [2.75, 3.05) is 5.75 Å². The molecule has 6 heteroatoms. The van der Waals surface area contributed by atoms with Crippen molar-refractivity contribution in [3.05, 3.63) is 39.2 Å². The minimum atomic E-state index is -0.964. The molecule has 4 N–H and O–H groups in total. The summed E-state index contributed by atoms with van der Waals surface area (Å²) in [6.45, 7) is 0. The van der Waals surface area contributed by atoms with Crippen LogP contribution in [0.2, 0.25) is 0 Å². The van der Waals surface area contributed by atoms with E-state index in [0.29, 0.717) is 17.3 Å². The van der Waals surface area contributed by atoms with Crippen molar-refractivity contribution >= 4 is 33.8 Å². The molecule has 1 aromatic heterocycles. The number of aryl methyl sites for hydroxylation is 1. The van der Waals surface area contributed by atoms with E-state index in [0.717, 1.165) is 41.9 Å². The first-order valence-corrected chi connectivity index (χ1v) is 9.81. The van der Waals surface area contributed by atoms with Crippen molar-refractivity contribution in [2.45, 2.75) is 43.8 Å². The van der Waals surface area contributed by atoms with Crippen LogP contribution in [0.15, 0.2) is 28.9 Å². The number of aliphatic imine (C=N–C) groups is 1. The Morgan fingerprint density at radius 2 is 2.17 bits per heavy atom. The van der Waals surface area contributed by atoms with Crippen LogP contribution >= 0.6 is 23.1 Å². The van der Waals surface area contributed by atoms with Crippen molar-refractivity contribution in [1.82, 2.24) is 0 Å². The number of nitrogens with two attached hydrogens (primary N) is 2. The summed E-state index contributed by atoms with van der Waals surface area (Å²) in [6, 6.07) is 2.16. The fourth-order valence-corrected chi connectivity index (χ4v) is 5.99. The predicted octanol–water partition coefficient (Wildman–Crippen LogP) is 3.70. The van der Waals surface area contributed by atoms with Gasteiger partial charge in [-0.15, -0.1) is 11.3 Å². The number of rotatable bonds is 1. The molecule has 0 fully saturated rings. The van der Waals surface area contributed by atoms with Crippen LogP contribution in [0.25, 0.3) is 5.57 Å². The summed E-state index contributed by atoms with van der Waals surface area (Å²) in [5.41, 5.74) is 14.4. The molecule has 2 aliphatic carbocycles. The molecule has 0 bridgehead atoms. The minimum absolute atomic E-state index is 0.180. The van der Waals surface area contributed by atoms with Gasteiger partial charge in [0.1, 0.15) is 6.17 Å². The van der Waals surface area contributed by atoms with Crippen LogP contribution in [0.3, 0.4) is 0 Å². The molecule has 2 heterocycles. The molecule has 2 atom stereocenters. The second kappa shape index (κ2) is 5.67. The molecule has 0 radical (unpaired) electrons. The molecule has 3 aliphatic rings. The number of allylic oxidation sites excluding steroid dienone is 3. The average molecular weight is 350 g/mol. The standard InChI is InChI=1S/C17H20FN3S2/c18-13-4-3-10(19)8-11(13)15-9-12-14(23-15)2-1-5-17(12)6-7-22-16(20)21-17/h3,8-9,13H,1-2,4-7,19H2,(H2,20,21). The number of nitrogens with zero attached hydrogens (tertiary/aromatic N) is 1. The van der Waals surface area contributed by atoms with Gasteiger partial charge in [-0.25, -0.2) is 4.39 Å². The van der Waals surface area contributed by atoms with Crippen LogP contribution in [-0.4, -0.2) is 17.1 Å². The molecule has 0 saturated carbocycles. The van der Waals surface area contributed by atoms with Gasteiger partial charge in [0.05, 0.1) is 5.54 Å². The zero-order chi connectivity index (χ0) is 16.0. The molecule has 0 amide bonds. The van der Waals surface area contributed by atoms with Gasteiger partial charge in [0.2, 0.25) is 0 Å². The highest BCUT2D eigenvalue weighted by atomic mass is 32.2. The Labute approximate surface area is 143 Å².